The van der Waals surface area contributed by atoms with E-state index in [1.807, 2.05) is 0 Å². The lowest BCUT2D eigenvalue weighted by Crippen LogP contribution is -2.24. The van der Waals surface area contributed by atoms with Crippen molar-refractivity contribution in [3.05, 3.63) is 65.5 Å². The number of hydrogen-bond acceptors (Lipinski definition) is 3. The second-order valence-electron chi connectivity index (χ2n) is 6.56. The molecule has 1 saturated carbocycles. The molecule has 2 aromatic carbocycles. The van der Waals surface area contributed by atoms with Gasteiger partial charge in [0, 0.05) is 12.0 Å². The van der Waals surface area contributed by atoms with Crippen LogP contribution in [0.2, 0.25) is 0 Å². The van der Waals surface area contributed by atoms with Crippen LogP contribution in [0.5, 0.6) is 0 Å². The Hall–Kier alpha value is -2.01. The van der Waals surface area contributed by atoms with Crippen LogP contribution in [0, 0.1) is 5.82 Å². The second kappa shape index (κ2) is 7.48. The van der Waals surface area contributed by atoms with Crippen LogP contribution in [0.4, 0.5) is 4.39 Å². The molecule has 0 bridgehead atoms. The van der Waals surface area contributed by atoms with E-state index in [0.29, 0.717) is 24.0 Å². The molecule has 1 aliphatic rings. The van der Waals surface area contributed by atoms with Crippen LogP contribution in [-0.2, 0) is 16.3 Å². The number of rotatable bonds is 5. The Labute approximate surface area is 147 Å². The molecule has 3 nitrogen and oxygen atoms in total. The number of ketones is 1. The Morgan fingerprint density at radius 2 is 1.68 bits per heavy atom. The van der Waals surface area contributed by atoms with E-state index in [4.69, 9.17) is 0 Å². The molecule has 0 atom stereocenters. The van der Waals surface area contributed by atoms with Gasteiger partial charge in [0.1, 0.15) is 5.82 Å². The topological polar surface area (TPSA) is 51.2 Å². The molecular weight excluding hydrogens is 339 g/mol. The summed E-state index contributed by atoms with van der Waals surface area (Å²) in [7, 11) is -3.40. The lowest BCUT2D eigenvalue weighted by molar-refractivity contribution is 0.0992. The zero-order valence-electron chi connectivity index (χ0n) is 13.9. The van der Waals surface area contributed by atoms with Crippen molar-refractivity contribution in [3.63, 3.8) is 0 Å². The van der Waals surface area contributed by atoms with Gasteiger partial charge in [-0.2, -0.15) is 0 Å². The summed E-state index contributed by atoms with van der Waals surface area (Å²) >= 11 is 0. The van der Waals surface area contributed by atoms with Crippen LogP contribution >= 0.6 is 0 Å². The summed E-state index contributed by atoms with van der Waals surface area (Å²) in [5, 5.41) is -0.344. The van der Waals surface area contributed by atoms with Crippen LogP contribution in [0.1, 0.15) is 48.0 Å². The fourth-order valence-corrected chi connectivity index (χ4v) is 5.20. The summed E-state index contributed by atoms with van der Waals surface area (Å²) in [4.78, 5) is 12.7. The Bertz CT molecular complexity index is 851. The normalized spacial score (nSPS) is 15.9. The molecule has 25 heavy (non-hydrogen) atoms. The molecule has 0 radical (unpaired) electrons. The van der Waals surface area contributed by atoms with Gasteiger partial charge in [0.25, 0.3) is 0 Å². The maximum absolute atomic E-state index is 13.0. The number of carbonyl (C=O) groups excluding carboxylic acids is 1. The van der Waals surface area contributed by atoms with Gasteiger partial charge in [-0.25, -0.2) is 12.8 Å². The van der Waals surface area contributed by atoms with Crippen molar-refractivity contribution < 1.29 is 17.6 Å². The Morgan fingerprint density at radius 1 is 1.00 bits per heavy atom. The second-order valence-corrected chi connectivity index (χ2v) is 8.79. The predicted molar refractivity (Wildman–Crippen MR) is 94.9 cm³/mol. The van der Waals surface area contributed by atoms with E-state index in [0.717, 1.165) is 19.3 Å². The van der Waals surface area contributed by atoms with Crippen LogP contribution in [0.3, 0.4) is 0 Å². The molecule has 0 N–H and O–H groups in total. The molecule has 5 heteroatoms. The number of sulfone groups is 1. The van der Waals surface area contributed by atoms with E-state index in [-0.39, 0.29) is 28.2 Å². The first-order valence-electron chi connectivity index (χ1n) is 8.58. The van der Waals surface area contributed by atoms with Gasteiger partial charge >= 0.3 is 0 Å². The first-order valence-corrected chi connectivity index (χ1v) is 10.1. The molecule has 0 unspecified atom stereocenters. The molecule has 0 aliphatic heterocycles. The molecule has 0 saturated heterocycles. The van der Waals surface area contributed by atoms with Crippen molar-refractivity contribution in [1.29, 1.82) is 0 Å². The molecule has 0 heterocycles. The molecule has 2 aromatic rings. The molecule has 1 fully saturated rings. The van der Waals surface area contributed by atoms with Gasteiger partial charge in [-0.1, -0.05) is 43.5 Å². The van der Waals surface area contributed by atoms with Crippen LogP contribution in [-0.4, -0.2) is 19.5 Å². The number of benzene rings is 2. The molecule has 1 aliphatic carbocycles. The Balaban J connectivity index is 1.80. The van der Waals surface area contributed by atoms with Gasteiger partial charge in [-0.3, -0.25) is 4.79 Å². The zero-order chi connectivity index (χ0) is 17.9. The first kappa shape index (κ1) is 17.8. The highest BCUT2D eigenvalue weighted by Gasteiger charge is 2.29. The minimum absolute atomic E-state index is 0.118. The monoisotopic (exact) mass is 360 g/mol. The highest BCUT2D eigenvalue weighted by Crippen LogP contribution is 2.29. The number of halogens is 1. The minimum Gasteiger partial charge on any atom is -0.294 e. The standard InChI is InChI=1S/C20H21FO3S/c21-17-11-9-15(10-12-17)13-20(22)16-5-4-8-19(14-16)25(23,24)18-6-2-1-3-7-18/h4-5,8-12,14,18H,1-3,6-7,13H2. The third-order valence-electron chi connectivity index (χ3n) is 4.75. The summed E-state index contributed by atoms with van der Waals surface area (Å²) in [6, 6.07) is 12.1. The Morgan fingerprint density at radius 3 is 2.36 bits per heavy atom. The lowest BCUT2D eigenvalue weighted by atomic mass is 10.0. The van der Waals surface area contributed by atoms with E-state index in [9.17, 15) is 17.6 Å². The maximum Gasteiger partial charge on any atom is 0.181 e. The van der Waals surface area contributed by atoms with Gasteiger partial charge in [-0.05, 0) is 42.7 Å². The van der Waals surface area contributed by atoms with Gasteiger partial charge in [-0.15, -0.1) is 0 Å². The average molecular weight is 360 g/mol. The summed E-state index contributed by atoms with van der Waals surface area (Å²) < 4.78 is 38.6. The minimum atomic E-state index is -3.40. The van der Waals surface area contributed by atoms with E-state index in [1.165, 1.54) is 18.2 Å². The third kappa shape index (κ3) is 4.15. The van der Waals surface area contributed by atoms with Crippen LogP contribution in [0.25, 0.3) is 0 Å². The van der Waals surface area contributed by atoms with Gasteiger partial charge < -0.3 is 0 Å². The van der Waals surface area contributed by atoms with Crippen molar-refractivity contribution in [2.24, 2.45) is 0 Å². The first-order chi connectivity index (χ1) is 12.0. The summed E-state index contributed by atoms with van der Waals surface area (Å²) in [5.41, 5.74) is 1.08. The molecule has 0 spiro atoms. The molecular formula is C20H21FO3S. The molecule has 3 rings (SSSR count). The molecule has 0 aromatic heterocycles. The fourth-order valence-electron chi connectivity index (χ4n) is 3.30. The average Bonchev–Trinajstić information content (AvgIpc) is 2.64. The molecule has 132 valence electrons. The van der Waals surface area contributed by atoms with Gasteiger partial charge in [0.2, 0.25) is 0 Å². The highest BCUT2D eigenvalue weighted by molar-refractivity contribution is 7.92. The number of hydrogen-bond donors (Lipinski definition) is 0. The van der Waals surface area contributed by atoms with Crippen LogP contribution in [0.15, 0.2) is 53.4 Å². The fraction of sp³-hybridized carbons (Fsp3) is 0.350. The zero-order valence-corrected chi connectivity index (χ0v) is 14.8. The lowest BCUT2D eigenvalue weighted by Gasteiger charge is -2.22. The predicted octanol–water partition coefficient (Wildman–Crippen LogP) is 4.36. The highest BCUT2D eigenvalue weighted by atomic mass is 32.2. The van der Waals surface area contributed by atoms with Gasteiger partial charge in [0.15, 0.2) is 15.6 Å². The van der Waals surface area contributed by atoms with E-state index >= 15 is 0 Å². The SMILES string of the molecule is O=C(Cc1ccc(F)cc1)c1cccc(S(=O)(=O)C2CCCCC2)c1. The summed E-state index contributed by atoms with van der Waals surface area (Å²) in [6.45, 7) is 0. The van der Waals surface area contributed by atoms with Crippen LogP contribution < -0.4 is 0 Å². The molecule has 0 amide bonds. The van der Waals surface area contributed by atoms with E-state index in [1.54, 1.807) is 30.3 Å². The maximum atomic E-state index is 13.0. The van der Waals surface area contributed by atoms with E-state index in [2.05, 4.69) is 0 Å². The van der Waals surface area contributed by atoms with Crippen molar-refractivity contribution >= 4 is 15.6 Å². The number of carbonyl (C=O) groups is 1. The smallest absolute Gasteiger partial charge is 0.181 e. The van der Waals surface area contributed by atoms with Gasteiger partial charge in [0.05, 0.1) is 10.1 Å². The Kier molecular flexibility index (Phi) is 5.33. The third-order valence-corrected chi connectivity index (χ3v) is 7.01. The van der Waals surface area contributed by atoms with E-state index < -0.39 is 9.84 Å². The van der Waals surface area contributed by atoms with Crippen molar-refractivity contribution in [2.45, 2.75) is 48.7 Å². The summed E-state index contributed by atoms with van der Waals surface area (Å²) in [6.07, 6.45) is 4.46. The van der Waals surface area contributed by atoms with Crippen molar-refractivity contribution in [2.75, 3.05) is 0 Å². The number of Topliss-reactive ketones (excluding diaryl/α,β-unsaturated/α-hetero) is 1. The summed E-state index contributed by atoms with van der Waals surface area (Å²) in [5.74, 6) is -0.524. The van der Waals surface area contributed by atoms with Crippen molar-refractivity contribution in [3.8, 4) is 0 Å². The quantitative estimate of drug-likeness (QED) is 0.745. The largest absolute Gasteiger partial charge is 0.294 e. The van der Waals surface area contributed by atoms with Crippen molar-refractivity contribution in [1.82, 2.24) is 0 Å².